The van der Waals surface area contributed by atoms with E-state index in [0.717, 1.165) is 4.31 Å². The number of anilines is 1. The minimum absolute atomic E-state index is 0.0402. The van der Waals surface area contributed by atoms with Crippen LogP contribution in [0.1, 0.15) is 13.8 Å². The van der Waals surface area contributed by atoms with E-state index in [1.165, 1.54) is 30.3 Å². The Balaban J connectivity index is 2.50. The van der Waals surface area contributed by atoms with Gasteiger partial charge in [-0.3, -0.25) is 9.10 Å². The van der Waals surface area contributed by atoms with E-state index < -0.39 is 22.5 Å². The molecule has 0 aromatic heterocycles. The zero-order valence-corrected chi connectivity index (χ0v) is 16.0. The third-order valence-corrected chi connectivity index (χ3v) is 5.46. The van der Waals surface area contributed by atoms with Crippen LogP contribution in [0, 0.1) is 0 Å². The third-order valence-electron chi connectivity index (χ3n) is 3.15. The number of hydrogen-bond donors (Lipinski definition) is 0. The molecule has 0 amide bonds. The molecule has 2 rings (SSSR count). The molecule has 0 saturated carbocycles. The normalized spacial score (nSPS) is 11.4. The summed E-state index contributed by atoms with van der Waals surface area (Å²) in [5.41, 5.74) is 0.149. The Kier molecular flexibility index (Phi) is 6.32. The first kappa shape index (κ1) is 19.6. The fourth-order valence-electron chi connectivity index (χ4n) is 2.12. The first-order chi connectivity index (χ1) is 11.7. The molecule has 0 atom stereocenters. The van der Waals surface area contributed by atoms with Crippen molar-refractivity contribution in [2.75, 3.05) is 10.8 Å². The molecular formula is C17H17Cl2NO4S. The van der Waals surface area contributed by atoms with E-state index in [2.05, 4.69) is 0 Å². The first-order valence-electron chi connectivity index (χ1n) is 7.44. The smallest absolute Gasteiger partial charge is 0.327 e. The molecule has 2 aromatic rings. The fraction of sp³-hybridized carbons (Fsp3) is 0.235. The van der Waals surface area contributed by atoms with E-state index >= 15 is 0 Å². The lowest BCUT2D eigenvalue weighted by Gasteiger charge is -2.25. The maximum absolute atomic E-state index is 13.0. The van der Waals surface area contributed by atoms with Crippen LogP contribution in [0.15, 0.2) is 53.4 Å². The fourth-order valence-corrected chi connectivity index (χ4v) is 4.13. The summed E-state index contributed by atoms with van der Waals surface area (Å²) < 4.78 is 32.0. The Bertz CT molecular complexity index is 854. The quantitative estimate of drug-likeness (QED) is 0.682. The van der Waals surface area contributed by atoms with Crippen LogP contribution < -0.4 is 4.31 Å². The largest absolute Gasteiger partial charge is 0.462 e. The molecule has 0 aliphatic rings. The lowest BCUT2D eigenvalue weighted by Crippen LogP contribution is -2.37. The monoisotopic (exact) mass is 401 g/mol. The van der Waals surface area contributed by atoms with Gasteiger partial charge < -0.3 is 4.74 Å². The van der Waals surface area contributed by atoms with Gasteiger partial charge in [0.15, 0.2) is 0 Å². The number of halogens is 2. The number of carbonyl (C=O) groups excluding carboxylic acids is 1. The van der Waals surface area contributed by atoms with Crippen molar-refractivity contribution in [3.63, 3.8) is 0 Å². The summed E-state index contributed by atoms with van der Waals surface area (Å²) in [5, 5.41) is 0.472. The van der Waals surface area contributed by atoms with E-state index in [1.807, 2.05) is 0 Å². The highest BCUT2D eigenvalue weighted by atomic mass is 35.5. The summed E-state index contributed by atoms with van der Waals surface area (Å²) in [5.74, 6) is -0.680. The summed E-state index contributed by atoms with van der Waals surface area (Å²) in [6.07, 6.45) is -0.366. The van der Waals surface area contributed by atoms with Gasteiger partial charge in [-0.05, 0) is 44.2 Å². The van der Waals surface area contributed by atoms with Crippen LogP contribution in [0.25, 0.3) is 0 Å². The van der Waals surface area contributed by atoms with E-state index in [9.17, 15) is 13.2 Å². The lowest BCUT2D eigenvalue weighted by molar-refractivity contribution is -0.145. The Morgan fingerprint density at radius 3 is 2.32 bits per heavy atom. The number of carbonyl (C=O) groups is 1. The zero-order chi connectivity index (χ0) is 18.6. The maximum atomic E-state index is 13.0. The molecule has 0 aliphatic carbocycles. The molecule has 0 bridgehead atoms. The van der Waals surface area contributed by atoms with E-state index in [-0.39, 0.29) is 21.7 Å². The molecule has 0 spiro atoms. The lowest BCUT2D eigenvalue weighted by atomic mass is 10.3. The second-order valence-electron chi connectivity index (χ2n) is 5.46. The highest BCUT2D eigenvalue weighted by molar-refractivity contribution is 7.92. The van der Waals surface area contributed by atoms with Crippen molar-refractivity contribution in [3.8, 4) is 0 Å². The van der Waals surface area contributed by atoms with Crippen molar-refractivity contribution in [1.82, 2.24) is 0 Å². The van der Waals surface area contributed by atoms with Crippen LogP contribution >= 0.6 is 23.2 Å². The summed E-state index contributed by atoms with van der Waals surface area (Å²) in [6, 6.07) is 12.2. The number of nitrogens with zero attached hydrogens (tertiary/aromatic N) is 1. The van der Waals surface area contributed by atoms with Gasteiger partial charge in [-0.25, -0.2) is 8.42 Å². The highest BCUT2D eigenvalue weighted by Gasteiger charge is 2.29. The van der Waals surface area contributed by atoms with Crippen molar-refractivity contribution in [1.29, 1.82) is 0 Å². The second-order valence-corrected chi connectivity index (χ2v) is 8.17. The van der Waals surface area contributed by atoms with Gasteiger partial charge in [0, 0.05) is 5.02 Å². The zero-order valence-electron chi connectivity index (χ0n) is 13.6. The molecule has 2 aromatic carbocycles. The Labute approximate surface area is 157 Å². The van der Waals surface area contributed by atoms with Crippen LogP contribution in [0.2, 0.25) is 10.0 Å². The van der Waals surface area contributed by atoms with Gasteiger partial charge in [-0.15, -0.1) is 0 Å². The van der Waals surface area contributed by atoms with Crippen molar-refractivity contribution in [2.45, 2.75) is 24.8 Å². The number of rotatable bonds is 6. The number of benzene rings is 2. The number of esters is 1. The standard InChI is InChI=1S/C17H17Cl2NO4S/c1-12(2)24-17(21)11-20(16-9-8-13(18)10-15(16)19)25(22,23)14-6-4-3-5-7-14/h3-10,12H,11H2,1-2H3. The summed E-state index contributed by atoms with van der Waals surface area (Å²) in [7, 11) is -4.02. The van der Waals surface area contributed by atoms with Crippen LogP contribution in [-0.4, -0.2) is 27.0 Å². The molecule has 8 heteroatoms. The van der Waals surface area contributed by atoms with E-state index in [4.69, 9.17) is 27.9 Å². The van der Waals surface area contributed by atoms with Gasteiger partial charge in [0.2, 0.25) is 0 Å². The minimum Gasteiger partial charge on any atom is -0.462 e. The molecule has 5 nitrogen and oxygen atoms in total. The predicted octanol–water partition coefficient (Wildman–Crippen LogP) is 4.14. The van der Waals surface area contributed by atoms with Gasteiger partial charge in [-0.2, -0.15) is 0 Å². The summed E-state index contributed by atoms with van der Waals surface area (Å²) in [4.78, 5) is 12.1. The summed E-state index contributed by atoms with van der Waals surface area (Å²) in [6.45, 7) is 2.86. The van der Waals surface area contributed by atoms with E-state index in [0.29, 0.717) is 5.02 Å². The van der Waals surface area contributed by atoms with Crippen molar-refractivity contribution < 1.29 is 17.9 Å². The van der Waals surface area contributed by atoms with Gasteiger partial charge in [-0.1, -0.05) is 41.4 Å². The molecule has 25 heavy (non-hydrogen) atoms. The Hall–Kier alpha value is -1.76. The molecule has 134 valence electrons. The second kappa shape index (κ2) is 8.08. The first-order valence-corrected chi connectivity index (χ1v) is 9.63. The average Bonchev–Trinajstić information content (AvgIpc) is 2.53. The topological polar surface area (TPSA) is 63.7 Å². The average molecular weight is 402 g/mol. The van der Waals surface area contributed by atoms with Crippen LogP contribution in [0.4, 0.5) is 5.69 Å². The molecule has 0 fully saturated rings. The molecule has 0 N–H and O–H groups in total. The van der Waals surface area contributed by atoms with Crippen molar-refractivity contribution in [3.05, 3.63) is 58.6 Å². The van der Waals surface area contributed by atoms with Crippen LogP contribution in [0.3, 0.4) is 0 Å². The molecule has 0 aliphatic heterocycles. The molecule has 0 saturated heterocycles. The van der Waals surface area contributed by atoms with Gasteiger partial charge in [0.25, 0.3) is 10.0 Å². The van der Waals surface area contributed by atoms with Gasteiger partial charge in [0.1, 0.15) is 6.54 Å². The van der Waals surface area contributed by atoms with Gasteiger partial charge in [0.05, 0.1) is 21.7 Å². The van der Waals surface area contributed by atoms with Crippen molar-refractivity contribution >= 4 is 44.9 Å². The molecular weight excluding hydrogens is 385 g/mol. The minimum atomic E-state index is -4.02. The number of ether oxygens (including phenoxy) is 1. The Morgan fingerprint density at radius 1 is 1.12 bits per heavy atom. The van der Waals surface area contributed by atoms with Crippen molar-refractivity contribution in [2.24, 2.45) is 0 Å². The number of hydrogen-bond acceptors (Lipinski definition) is 4. The SMILES string of the molecule is CC(C)OC(=O)CN(c1ccc(Cl)cc1Cl)S(=O)(=O)c1ccccc1. The molecule has 0 radical (unpaired) electrons. The maximum Gasteiger partial charge on any atom is 0.327 e. The van der Waals surface area contributed by atoms with Gasteiger partial charge >= 0.3 is 5.97 Å². The molecule has 0 unspecified atom stereocenters. The molecule has 0 heterocycles. The predicted molar refractivity (Wildman–Crippen MR) is 98.7 cm³/mol. The Morgan fingerprint density at radius 2 is 1.76 bits per heavy atom. The third kappa shape index (κ3) is 4.87. The van der Waals surface area contributed by atoms with Crippen LogP contribution in [0.5, 0.6) is 0 Å². The van der Waals surface area contributed by atoms with Crippen LogP contribution in [-0.2, 0) is 19.6 Å². The number of sulfonamides is 1. The van der Waals surface area contributed by atoms with E-state index in [1.54, 1.807) is 32.0 Å². The summed E-state index contributed by atoms with van der Waals surface area (Å²) >= 11 is 12.0. The highest BCUT2D eigenvalue weighted by Crippen LogP contribution is 2.32.